The fraction of sp³-hybridized carbons (Fsp3) is 0.900. The Balaban J connectivity index is 2.13. The standard InChI is InChI=1S/C10H20N2O2/c11-9(6-7-12-10(13)14)8-4-2-1-3-5-8/h8-9,12H,1-7,11H2,(H,13,14). The Kier molecular flexibility index (Phi) is 4.73. The molecular formula is C10H20N2O2. The molecule has 0 aromatic carbocycles. The van der Waals surface area contributed by atoms with E-state index in [0.717, 1.165) is 6.42 Å². The number of carboxylic acid groups (broad SMARTS) is 1. The van der Waals surface area contributed by atoms with E-state index in [1.54, 1.807) is 0 Å². The van der Waals surface area contributed by atoms with Crippen LogP contribution in [0.25, 0.3) is 0 Å². The van der Waals surface area contributed by atoms with Crippen LogP contribution < -0.4 is 11.1 Å². The molecule has 0 bridgehead atoms. The lowest BCUT2D eigenvalue weighted by Crippen LogP contribution is -2.35. The molecule has 0 aromatic rings. The third-order valence-electron chi connectivity index (χ3n) is 3.01. The maximum atomic E-state index is 10.2. The van der Waals surface area contributed by atoms with Gasteiger partial charge in [0.1, 0.15) is 0 Å². The van der Waals surface area contributed by atoms with Crippen LogP contribution in [0.4, 0.5) is 4.79 Å². The molecule has 1 saturated carbocycles. The minimum Gasteiger partial charge on any atom is -0.465 e. The Bertz CT molecular complexity index is 179. The van der Waals surface area contributed by atoms with Gasteiger partial charge in [-0.2, -0.15) is 0 Å². The van der Waals surface area contributed by atoms with Crippen LogP contribution in [0.5, 0.6) is 0 Å². The van der Waals surface area contributed by atoms with Gasteiger partial charge >= 0.3 is 6.09 Å². The van der Waals surface area contributed by atoms with E-state index in [1.165, 1.54) is 32.1 Å². The summed E-state index contributed by atoms with van der Waals surface area (Å²) in [6, 6.07) is 0.169. The van der Waals surface area contributed by atoms with Gasteiger partial charge in [0, 0.05) is 12.6 Å². The number of hydrogen-bond donors (Lipinski definition) is 3. The van der Waals surface area contributed by atoms with E-state index >= 15 is 0 Å². The Morgan fingerprint density at radius 3 is 2.64 bits per heavy atom. The van der Waals surface area contributed by atoms with Crippen molar-refractivity contribution in [2.24, 2.45) is 11.7 Å². The normalized spacial score (nSPS) is 20.4. The zero-order valence-electron chi connectivity index (χ0n) is 8.54. The van der Waals surface area contributed by atoms with Crippen LogP contribution in [0.15, 0.2) is 0 Å². The molecule has 1 aliphatic carbocycles. The molecule has 4 nitrogen and oxygen atoms in total. The van der Waals surface area contributed by atoms with Crippen molar-refractivity contribution < 1.29 is 9.90 Å². The van der Waals surface area contributed by atoms with E-state index in [4.69, 9.17) is 10.8 Å². The van der Waals surface area contributed by atoms with Crippen LogP contribution in [0.1, 0.15) is 38.5 Å². The predicted molar refractivity (Wildman–Crippen MR) is 55.2 cm³/mol. The molecule has 0 aromatic heterocycles. The Hall–Kier alpha value is -0.770. The molecule has 1 fully saturated rings. The van der Waals surface area contributed by atoms with Crippen LogP contribution >= 0.6 is 0 Å². The second-order valence-corrected chi connectivity index (χ2v) is 4.08. The minimum absolute atomic E-state index is 0.169. The molecule has 82 valence electrons. The van der Waals surface area contributed by atoms with E-state index in [0.29, 0.717) is 12.5 Å². The van der Waals surface area contributed by atoms with Crippen molar-refractivity contribution in [1.29, 1.82) is 0 Å². The number of nitrogens with two attached hydrogens (primary N) is 1. The molecule has 0 heterocycles. The number of rotatable bonds is 4. The molecule has 0 spiro atoms. The zero-order chi connectivity index (χ0) is 10.4. The van der Waals surface area contributed by atoms with Gasteiger partial charge in [0.25, 0.3) is 0 Å². The van der Waals surface area contributed by atoms with E-state index in [2.05, 4.69) is 5.32 Å². The van der Waals surface area contributed by atoms with Crippen LogP contribution in [-0.2, 0) is 0 Å². The van der Waals surface area contributed by atoms with Crippen LogP contribution in [0.2, 0.25) is 0 Å². The summed E-state index contributed by atoms with van der Waals surface area (Å²) in [7, 11) is 0. The molecule has 4 N–H and O–H groups in total. The predicted octanol–water partition coefficient (Wildman–Crippen LogP) is 1.55. The summed E-state index contributed by atoms with van der Waals surface area (Å²) in [5.74, 6) is 0.611. The average Bonchev–Trinajstić information content (AvgIpc) is 2.18. The molecule has 14 heavy (non-hydrogen) atoms. The summed E-state index contributed by atoms with van der Waals surface area (Å²) in [5, 5.41) is 10.7. The van der Waals surface area contributed by atoms with Gasteiger partial charge in [0.2, 0.25) is 0 Å². The Labute approximate surface area is 84.9 Å². The molecule has 0 aliphatic heterocycles. The Morgan fingerprint density at radius 1 is 1.43 bits per heavy atom. The third kappa shape index (κ3) is 3.96. The maximum absolute atomic E-state index is 10.2. The molecule has 0 saturated heterocycles. The third-order valence-corrected chi connectivity index (χ3v) is 3.01. The summed E-state index contributed by atoms with van der Waals surface area (Å²) in [6.45, 7) is 0.479. The average molecular weight is 200 g/mol. The van der Waals surface area contributed by atoms with E-state index in [9.17, 15) is 4.79 Å². The van der Waals surface area contributed by atoms with Crippen molar-refractivity contribution >= 4 is 6.09 Å². The van der Waals surface area contributed by atoms with Crippen molar-refractivity contribution in [1.82, 2.24) is 5.32 Å². The maximum Gasteiger partial charge on any atom is 0.404 e. The molecular weight excluding hydrogens is 180 g/mol. The van der Waals surface area contributed by atoms with Gasteiger partial charge in [-0.3, -0.25) is 0 Å². The molecule has 1 atom stereocenters. The highest BCUT2D eigenvalue weighted by atomic mass is 16.4. The van der Waals surface area contributed by atoms with Crippen LogP contribution in [0, 0.1) is 5.92 Å². The van der Waals surface area contributed by atoms with E-state index in [-0.39, 0.29) is 6.04 Å². The van der Waals surface area contributed by atoms with Crippen LogP contribution in [0.3, 0.4) is 0 Å². The van der Waals surface area contributed by atoms with Gasteiger partial charge in [0.15, 0.2) is 0 Å². The van der Waals surface area contributed by atoms with Gasteiger partial charge in [-0.15, -0.1) is 0 Å². The first-order valence-corrected chi connectivity index (χ1v) is 5.42. The number of hydrogen-bond acceptors (Lipinski definition) is 2. The molecule has 1 aliphatic rings. The topological polar surface area (TPSA) is 75.3 Å². The van der Waals surface area contributed by atoms with Crippen LogP contribution in [-0.4, -0.2) is 23.8 Å². The summed E-state index contributed by atoms with van der Waals surface area (Å²) in [5.41, 5.74) is 6.00. The van der Waals surface area contributed by atoms with E-state index in [1.807, 2.05) is 0 Å². The molecule has 0 radical (unpaired) electrons. The minimum atomic E-state index is -0.958. The molecule has 1 amide bonds. The highest BCUT2D eigenvalue weighted by Gasteiger charge is 2.19. The Morgan fingerprint density at radius 2 is 2.07 bits per heavy atom. The monoisotopic (exact) mass is 200 g/mol. The second-order valence-electron chi connectivity index (χ2n) is 4.08. The van der Waals surface area contributed by atoms with Crippen molar-refractivity contribution in [3.8, 4) is 0 Å². The lowest BCUT2D eigenvalue weighted by molar-refractivity contribution is 0.193. The van der Waals surface area contributed by atoms with Gasteiger partial charge in [-0.25, -0.2) is 4.79 Å². The highest BCUT2D eigenvalue weighted by Crippen LogP contribution is 2.26. The van der Waals surface area contributed by atoms with Crippen molar-refractivity contribution in [3.63, 3.8) is 0 Å². The molecule has 4 heteroatoms. The van der Waals surface area contributed by atoms with Gasteiger partial charge in [-0.05, 0) is 25.2 Å². The van der Waals surface area contributed by atoms with Gasteiger partial charge < -0.3 is 16.2 Å². The quantitative estimate of drug-likeness (QED) is 0.644. The summed E-state index contributed by atoms with van der Waals surface area (Å²) in [4.78, 5) is 10.2. The number of amides is 1. The summed E-state index contributed by atoms with van der Waals surface area (Å²) in [6.07, 6.45) is 6.13. The molecule has 1 unspecified atom stereocenters. The number of carbonyl (C=O) groups is 1. The lowest BCUT2D eigenvalue weighted by atomic mass is 9.83. The second kappa shape index (κ2) is 5.86. The fourth-order valence-electron chi connectivity index (χ4n) is 2.14. The van der Waals surface area contributed by atoms with Crippen molar-refractivity contribution in [2.45, 2.75) is 44.6 Å². The smallest absolute Gasteiger partial charge is 0.404 e. The van der Waals surface area contributed by atoms with Gasteiger partial charge in [-0.1, -0.05) is 19.3 Å². The highest BCUT2D eigenvalue weighted by molar-refractivity contribution is 5.64. The first-order chi connectivity index (χ1) is 6.70. The molecule has 1 rings (SSSR count). The zero-order valence-corrected chi connectivity index (χ0v) is 8.54. The SMILES string of the molecule is NC(CCNC(=O)O)C1CCCCC1. The first kappa shape index (κ1) is 11.3. The largest absolute Gasteiger partial charge is 0.465 e. The van der Waals surface area contributed by atoms with Gasteiger partial charge in [0.05, 0.1) is 0 Å². The summed E-state index contributed by atoms with van der Waals surface area (Å²) >= 11 is 0. The van der Waals surface area contributed by atoms with Crippen molar-refractivity contribution in [2.75, 3.05) is 6.54 Å². The van der Waals surface area contributed by atoms with E-state index < -0.39 is 6.09 Å². The summed E-state index contributed by atoms with van der Waals surface area (Å²) < 4.78 is 0. The number of nitrogens with one attached hydrogen (secondary N) is 1. The lowest BCUT2D eigenvalue weighted by Gasteiger charge is -2.27. The first-order valence-electron chi connectivity index (χ1n) is 5.42. The van der Waals surface area contributed by atoms with Crippen molar-refractivity contribution in [3.05, 3.63) is 0 Å². The fourth-order valence-corrected chi connectivity index (χ4v) is 2.14.